The van der Waals surface area contributed by atoms with Crippen LogP contribution < -0.4 is 5.32 Å². The molecule has 0 aliphatic carbocycles. The maximum absolute atomic E-state index is 13.0. The Morgan fingerprint density at radius 1 is 0.971 bits per heavy atom. The number of hydrogen-bond acceptors (Lipinski definition) is 6. The van der Waals surface area contributed by atoms with E-state index in [4.69, 9.17) is 11.6 Å². The summed E-state index contributed by atoms with van der Waals surface area (Å²) in [5.74, 6) is -0.869. The van der Waals surface area contributed by atoms with Gasteiger partial charge < -0.3 is 4.90 Å². The Hall–Kier alpha value is -3.62. The fourth-order valence-electron chi connectivity index (χ4n) is 5.16. The number of halogens is 1. The SMILES string of the molecule is O=C1CCC(N2Cc3cc(-c4cc(CN5Cc6cnc(Cl)cc6C5)ccn4)ccc3C2=O)C(=O)N1. The number of rotatable bonds is 4. The highest BCUT2D eigenvalue weighted by molar-refractivity contribution is 6.29. The van der Waals surface area contributed by atoms with Crippen LogP contribution in [0.25, 0.3) is 11.3 Å². The van der Waals surface area contributed by atoms with Gasteiger partial charge in [0.05, 0.1) is 5.69 Å². The molecule has 0 saturated carbocycles. The molecule has 0 spiro atoms. The van der Waals surface area contributed by atoms with Crippen molar-refractivity contribution in [3.63, 3.8) is 0 Å². The number of benzene rings is 1. The number of hydrogen-bond donors (Lipinski definition) is 1. The van der Waals surface area contributed by atoms with Crippen molar-refractivity contribution in [1.82, 2.24) is 25.1 Å². The molecule has 1 aromatic carbocycles. The summed E-state index contributed by atoms with van der Waals surface area (Å²) in [4.78, 5) is 49.4. The van der Waals surface area contributed by atoms with E-state index >= 15 is 0 Å². The summed E-state index contributed by atoms with van der Waals surface area (Å²) in [5.41, 5.74) is 6.77. The maximum Gasteiger partial charge on any atom is 0.255 e. The molecule has 3 aliphatic rings. The molecule has 0 bridgehead atoms. The molecule has 1 saturated heterocycles. The van der Waals surface area contributed by atoms with Crippen LogP contribution in [0.5, 0.6) is 0 Å². The Morgan fingerprint density at radius 3 is 2.69 bits per heavy atom. The molecule has 3 aliphatic heterocycles. The first-order valence-electron chi connectivity index (χ1n) is 11.5. The van der Waals surface area contributed by atoms with Crippen molar-refractivity contribution >= 4 is 29.3 Å². The number of piperidine rings is 1. The van der Waals surface area contributed by atoms with Gasteiger partial charge >= 0.3 is 0 Å². The standard InChI is InChI=1S/C26H22ClN5O3/c27-23-9-17-12-31(13-19(17)10-29-23)11-15-5-6-28-21(7-15)16-1-2-20-18(8-16)14-32(26(20)35)22-3-4-24(33)30-25(22)34/h1-2,5-10,22H,3-4,11-14H2,(H,30,33,34). The lowest BCUT2D eigenvalue weighted by molar-refractivity contribution is -0.136. The van der Waals surface area contributed by atoms with Gasteiger partial charge in [-0.1, -0.05) is 17.7 Å². The van der Waals surface area contributed by atoms with Gasteiger partial charge in [-0.05, 0) is 59.0 Å². The Kier molecular flexibility index (Phi) is 5.35. The van der Waals surface area contributed by atoms with Gasteiger partial charge in [-0.2, -0.15) is 0 Å². The lowest BCUT2D eigenvalue weighted by Crippen LogP contribution is -2.52. The normalized spacial score (nSPS) is 19.6. The molecule has 0 radical (unpaired) electrons. The number of fused-ring (bicyclic) bond motifs is 2. The van der Waals surface area contributed by atoms with Crippen LogP contribution in [0.4, 0.5) is 0 Å². The monoisotopic (exact) mass is 487 g/mol. The Morgan fingerprint density at radius 2 is 1.83 bits per heavy atom. The molecule has 1 unspecified atom stereocenters. The van der Waals surface area contributed by atoms with Crippen LogP contribution in [0.1, 0.15) is 45.5 Å². The first-order chi connectivity index (χ1) is 16.9. The van der Waals surface area contributed by atoms with Crippen LogP contribution in [0.3, 0.4) is 0 Å². The minimum absolute atomic E-state index is 0.175. The molecule has 2 aromatic heterocycles. The van der Waals surface area contributed by atoms with Crippen LogP contribution in [0.15, 0.2) is 48.8 Å². The lowest BCUT2D eigenvalue weighted by Gasteiger charge is -2.29. The third-order valence-electron chi connectivity index (χ3n) is 6.89. The summed E-state index contributed by atoms with van der Waals surface area (Å²) in [6.45, 7) is 2.77. The van der Waals surface area contributed by atoms with Crippen molar-refractivity contribution in [1.29, 1.82) is 0 Å². The largest absolute Gasteiger partial charge is 0.322 e. The molecule has 3 amide bonds. The predicted molar refractivity (Wildman–Crippen MR) is 128 cm³/mol. The van der Waals surface area contributed by atoms with Gasteiger partial charge in [-0.25, -0.2) is 4.98 Å². The van der Waals surface area contributed by atoms with E-state index in [1.807, 2.05) is 30.5 Å². The number of pyridine rings is 2. The molecule has 1 fully saturated rings. The van der Waals surface area contributed by atoms with Crippen molar-refractivity contribution in [2.24, 2.45) is 0 Å². The van der Waals surface area contributed by atoms with E-state index in [9.17, 15) is 14.4 Å². The Bertz CT molecular complexity index is 1390. The van der Waals surface area contributed by atoms with E-state index in [1.165, 1.54) is 11.1 Å². The van der Waals surface area contributed by atoms with Gasteiger partial charge in [-0.3, -0.25) is 29.6 Å². The minimum Gasteiger partial charge on any atom is -0.322 e. The smallest absolute Gasteiger partial charge is 0.255 e. The molecule has 9 heteroatoms. The van der Waals surface area contributed by atoms with Crippen molar-refractivity contribution in [2.45, 2.75) is 45.1 Å². The number of amides is 3. The fraction of sp³-hybridized carbons (Fsp3) is 0.269. The highest BCUT2D eigenvalue weighted by Gasteiger charge is 2.39. The lowest BCUT2D eigenvalue weighted by atomic mass is 10.0. The van der Waals surface area contributed by atoms with Gasteiger partial charge in [0.15, 0.2) is 0 Å². The van der Waals surface area contributed by atoms with Gasteiger partial charge in [0.2, 0.25) is 11.8 Å². The molecule has 3 aromatic rings. The minimum atomic E-state index is -0.618. The van der Waals surface area contributed by atoms with Crippen molar-refractivity contribution < 1.29 is 14.4 Å². The van der Waals surface area contributed by atoms with Gasteiger partial charge in [0.1, 0.15) is 11.2 Å². The second-order valence-corrected chi connectivity index (χ2v) is 9.63. The van der Waals surface area contributed by atoms with E-state index in [1.54, 1.807) is 17.2 Å². The van der Waals surface area contributed by atoms with Gasteiger partial charge in [-0.15, -0.1) is 0 Å². The molecular formula is C26H22ClN5O3. The Balaban J connectivity index is 1.19. The summed E-state index contributed by atoms with van der Waals surface area (Å²) in [6, 6.07) is 11.1. The zero-order valence-corrected chi connectivity index (χ0v) is 19.6. The van der Waals surface area contributed by atoms with Crippen LogP contribution in [0, 0.1) is 0 Å². The first kappa shape index (κ1) is 21.9. The van der Waals surface area contributed by atoms with Crippen molar-refractivity contribution in [3.05, 3.63) is 81.8 Å². The molecule has 1 atom stereocenters. The summed E-state index contributed by atoms with van der Waals surface area (Å²) in [5, 5.41) is 2.86. The molecule has 176 valence electrons. The number of nitrogens with one attached hydrogen (secondary N) is 1. The molecular weight excluding hydrogens is 466 g/mol. The zero-order chi connectivity index (χ0) is 24.1. The molecule has 5 heterocycles. The van der Waals surface area contributed by atoms with E-state index in [2.05, 4.69) is 26.3 Å². The third-order valence-corrected chi connectivity index (χ3v) is 7.09. The van der Waals surface area contributed by atoms with Crippen LogP contribution in [0.2, 0.25) is 5.15 Å². The first-order valence-corrected chi connectivity index (χ1v) is 11.9. The molecule has 8 nitrogen and oxygen atoms in total. The number of nitrogens with zero attached hydrogens (tertiary/aromatic N) is 4. The molecule has 35 heavy (non-hydrogen) atoms. The van der Waals surface area contributed by atoms with Gasteiger partial charge in [0.25, 0.3) is 5.91 Å². The zero-order valence-electron chi connectivity index (χ0n) is 18.8. The highest BCUT2D eigenvalue weighted by atomic mass is 35.5. The average molecular weight is 488 g/mol. The number of aromatic nitrogens is 2. The molecule has 1 N–H and O–H groups in total. The average Bonchev–Trinajstić information content (AvgIpc) is 3.38. The Labute approximate surface area is 206 Å². The van der Waals surface area contributed by atoms with E-state index in [-0.39, 0.29) is 18.2 Å². The molecule has 6 rings (SSSR count). The number of carbonyl (C=O) groups is 3. The van der Waals surface area contributed by atoms with Gasteiger partial charge in [0, 0.05) is 56.1 Å². The van der Waals surface area contributed by atoms with E-state index in [0.29, 0.717) is 23.7 Å². The maximum atomic E-state index is 13.0. The quantitative estimate of drug-likeness (QED) is 0.449. The van der Waals surface area contributed by atoms with E-state index in [0.717, 1.165) is 42.0 Å². The summed E-state index contributed by atoms with van der Waals surface area (Å²) >= 11 is 6.04. The summed E-state index contributed by atoms with van der Waals surface area (Å²) < 4.78 is 0. The fourth-order valence-corrected chi connectivity index (χ4v) is 5.34. The number of carbonyl (C=O) groups excluding carboxylic acids is 3. The highest BCUT2D eigenvalue weighted by Crippen LogP contribution is 2.31. The summed E-state index contributed by atoms with van der Waals surface area (Å²) in [6.07, 6.45) is 4.24. The van der Waals surface area contributed by atoms with Crippen molar-refractivity contribution in [2.75, 3.05) is 0 Å². The van der Waals surface area contributed by atoms with Crippen LogP contribution in [-0.4, -0.2) is 43.5 Å². The predicted octanol–water partition coefficient (Wildman–Crippen LogP) is 3.07. The topological polar surface area (TPSA) is 95.5 Å². The second-order valence-electron chi connectivity index (χ2n) is 9.24. The number of imide groups is 1. The van der Waals surface area contributed by atoms with E-state index < -0.39 is 11.9 Å². The summed E-state index contributed by atoms with van der Waals surface area (Å²) in [7, 11) is 0. The van der Waals surface area contributed by atoms with Crippen molar-refractivity contribution in [3.8, 4) is 11.3 Å². The second kappa shape index (κ2) is 8.55. The van der Waals surface area contributed by atoms with Crippen LogP contribution in [-0.2, 0) is 35.8 Å². The van der Waals surface area contributed by atoms with Crippen LogP contribution >= 0.6 is 11.6 Å². The third kappa shape index (κ3) is 4.09.